The Bertz CT molecular complexity index is 386. The molecule has 15 heavy (non-hydrogen) atoms. The van der Waals surface area contributed by atoms with Gasteiger partial charge in [-0.1, -0.05) is 36.3 Å². The van der Waals surface area contributed by atoms with E-state index in [0.717, 1.165) is 5.56 Å². The summed E-state index contributed by atoms with van der Waals surface area (Å²) in [6.07, 6.45) is 4.18. The Kier molecular flexibility index (Phi) is 3.70. The minimum atomic E-state index is -1.90. The van der Waals surface area contributed by atoms with E-state index in [4.69, 9.17) is 9.16 Å². The highest BCUT2D eigenvalue weighted by molar-refractivity contribution is 5.15. The van der Waals surface area contributed by atoms with Gasteiger partial charge in [0.05, 0.1) is 9.24 Å². The maximum atomic E-state index is 13.7. The summed E-state index contributed by atoms with van der Waals surface area (Å²) in [5, 5.41) is 0. The number of alkyl halides is 1. The number of terminal acetylenes is 1. The lowest BCUT2D eigenvalue weighted by molar-refractivity contribution is 0.234. The Balaban J connectivity index is 2.51. The summed E-state index contributed by atoms with van der Waals surface area (Å²) in [4.78, 5) is 1.21. The van der Waals surface area contributed by atoms with Crippen molar-refractivity contribution in [1.29, 1.82) is 0 Å². The lowest BCUT2D eigenvalue weighted by Gasteiger charge is -2.16. The summed E-state index contributed by atoms with van der Waals surface area (Å²) in [6.45, 7) is -1.92. The number of rotatable bonds is 5. The van der Waals surface area contributed by atoms with E-state index in [9.17, 15) is 4.39 Å². The van der Waals surface area contributed by atoms with E-state index in [0.29, 0.717) is 0 Å². The molecule has 80 valence electrons. The van der Waals surface area contributed by atoms with Crippen LogP contribution in [0.4, 0.5) is 4.39 Å². The Hall–Kier alpha value is -1.33. The quantitative estimate of drug-likeness (QED) is 0.669. The fourth-order valence-corrected chi connectivity index (χ4v) is 1.39. The molecule has 0 spiro atoms. The maximum absolute atomic E-state index is 13.7. The van der Waals surface area contributed by atoms with Gasteiger partial charge in [-0.2, -0.15) is 0 Å². The molecule has 0 saturated carbocycles. The van der Waals surface area contributed by atoms with Gasteiger partial charge in [0, 0.05) is 13.0 Å². The van der Waals surface area contributed by atoms with Gasteiger partial charge in [-0.25, -0.2) is 4.39 Å². The van der Waals surface area contributed by atoms with Crippen molar-refractivity contribution in [3.63, 3.8) is 0 Å². The summed E-state index contributed by atoms with van der Waals surface area (Å²) >= 11 is 0. The molecule has 0 N–H and O–H groups in total. The van der Waals surface area contributed by atoms with Gasteiger partial charge in [0.2, 0.25) is 0 Å². The van der Waals surface area contributed by atoms with Crippen LogP contribution in [0.3, 0.4) is 0 Å². The molecule has 0 saturated heterocycles. The molecule has 0 heterocycles. The second kappa shape index (κ2) is 6.21. The predicted molar refractivity (Wildman–Crippen MR) is 61.4 cm³/mol. The van der Waals surface area contributed by atoms with E-state index in [1.807, 2.05) is 36.3 Å². The van der Waals surface area contributed by atoms with Crippen LogP contribution in [-0.4, -0.2) is 31.2 Å². The number of benzene rings is 1. The molecule has 1 rings (SSSR count). The third kappa shape index (κ3) is 4.62. The Labute approximate surface area is 93.7 Å². The summed E-state index contributed by atoms with van der Waals surface area (Å²) in [6, 6.07) is 9.28. The molecule has 1 nitrogen and oxygen atoms in total. The number of halogens is 1. The molecule has 0 fully saturated rings. The topological polar surface area (TPSA) is 3.24 Å². The van der Waals surface area contributed by atoms with Gasteiger partial charge in [0.15, 0.2) is 0 Å². The van der Waals surface area contributed by atoms with E-state index in [1.165, 1.54) is 11.9 Å². The zero-order valence-corrected chi connectivity index (χ0v) is 8.78. The van der Waals surface area contributed by atoms with E-state index >= 15 is 0 Å². The van der Waals surface area contributed by atoms with E-state index in [1.54, 1.807) is 0 Å². The number of nitrogens with zero attached hydrogens (tertiary/aromatic N) is 1. The first-order valence-electron chi connectivity index (χ1n) is 5.82. The fraction of sp³-hybridized carbons (Fsp3) is 0.385. The Morgan fingerprint density at radius 1 is 1.53 bits per heavy atom. The summed E-state index contributed by atoms with van der Waals surface area (Å²) in [5.41, 5.74) is 0.898. The van der Waals surface area contributed by atoms with Gasteiger partial charge < -0.3 is 0 Å². The molecule has 1 atom stereocenters. The highest BCUT2D eigenvalue weighted by atomic mass is 19.1. The van der Waals surface area contributed by atoms with Crippen LogP contribution in [0.1, 0.15) is 8.30 Å². The van der Waals surface area contributed by atoms with Gasteiger partial charge in [0.1, 0.15) is 6.17 Å². The highest BCUT2D eigenvalue weighted by Crippen LogP contribution is 2.06. The van der Waals surface area contributed by atoms with Crippen molar-refractivity contribution >= 4 is 0 Å². The fourth-order valence-electron chi connectivity index (χ4n) is 1.39. The maximum Gasteiger partial charge on any atom is 0.117 e. The Morgan fingerprint density at radius 2 is 2.20 bits per heavy atom. The summed E-state index contributed by atoms with van der Waals surface area (Å²) < 4.78 is 28.6. The molecular formula is C13H16FN. The van der Waals surface area contributed by atoms with Crippen molar-refractivity contribution < 1.29 is 7.13 Å². The van der Waals surface area contributed by atoms with E-state index in [2.05, 4.69) is 0 Å². The van der Waals surface area contributed by atoms with Gasteiger partial charge in [-0.15, -0.1) is 6.42 Å². The second-order valence-corrected chi connectivity index (χ2v) is 3.42. The van der Waals surface area contributed by atoms with Crippen molar-refractivity contribution in [3.8, 4) is 12.3 Å². The molecule has 2 heteroatoms. The minimum Gasteiger partial charge on any atom is -0.293 e. The van der Waals surface area contributed by atoms with Gasteiger partial charge >= 0.3 is 0 Å². The van der Waals surface area contributed by atoms with E-state index < -0.39 is 12.7 Å². The van der Waals surface area contributed by atoms with Crippen LogP contribution >= 0.6 is 0 Å². The van der Waals surface area contributed by atoms with E-state index in [-0.39, 0.29) is 13.0 Å². The third-order valence-corrected chi connectivity index (χ3v) is 2.03. The van der Waals surface area contributed by atoms with Gasteiger partial charge in [0.25, 0.3) is 0 Å². The molecule has 0 amide bonds. The second-order valence-electron chi connectivity index (χ2n) is 3.42. The van der Waals surface area contributed by atoms with Crippen molar-refractivity contribution in [3.05, 3.63) is 35.9 Å². The molecule has 0 radical (unpaired) electrons. The average Bonchev–Trinajstić information content (AvgIpc) is 2.30. The predicted octanol–water partition coefficient (Wildman–Crippen LogP) is 2.13. The molecule has 0 unspecified atom stereocenters. The first-order valence-corrected chi connectivity index (χ1v) is 4.82. The molecule has 0 bridgehead atoms. The van der Waals surface area contributed by atoms with Gasteiger partial charge in [-0.3, -0.25) is 4.90 Å². The molecule has 0 aromatic heterocycles. The molecule has 0 aliphatic carbocycles. The van der Waals surface area contributed by atoms with Gasteiger partial charge in [-0.05, 0) is 12.6 Å². The van der Waals surface area contributed by atoms with Crippen molar-refractivity contribution in [2.75, 3.05) is 20.1 Å². The highest BCUT2D eigenvalue weighted by Gasteiger charge is 2.09. The third-order valence-electron chi connectivity index (χ3n) is 2.03. The summed E-state index contributed by atoms with van der Waals surface area (Å²) in [5.74, 6) is 2.00. The smallest absolute Gasteiger partial charge is 0.117 e. The van der Waals surface area contributed by atoms with Crippen molar-refractivity contribution in [2.24, 2.45) is 0 Å². The molecule has 1 aromatic rings. The zero-order valence-electron chi connectivity index (χ0n) is 10.8. The monoisotopic (exact) mass is 207 g/mol. The van der Waals surface area contributed by atoms with Crippen LogP contribution in [0.2, 0.25) is 0 Å². The van der Waals surface area contributed by atoms with Crippen molar-refractivity contribution in [2.45, 2.75) is 12.6 Å². The molecule has 0 aliphatic heterocycles. The standard InChI is InChI=1S/C13H16FN/c1-3-9-15(2)11-13(14)10-12-7-5-4-6-8-12/h1,4-8,13H,9-11H2,2H3/t13-/m1/s1/i9D2. The normalized spacial score (nSPS) is 15.3. The largest absolute Gasteiger partial charge is 0.293 e. The number of hydrogen-bond donors (Lipinski definition) is 0. The molecule has 1 aromatic carbocycles. The van der Waals surface area contributed by atoms with Crippen LogP contribution in [0.15, 0.2) is 30.3 Å². The van der Waals surface area contributed by atoms with Crippen molar-refractivity contribution in [1.82, 2.24) is 4.90 Å². The van der Waals surface area contributed by atoms with Crippen LogP contribution in [0.25, 0.3) is 0 Å². The van der Waals surface area contributed by atoms with Crippen LogP contribution in [0.5, 0.6) is 0 Å². The first-order chi connectivity index (χ1) is 7.95. The lowest BCUT2D eigenvalue weighted by Crippen LogP contribution is -2.28. The number of hydrogen-bond acceptors (Lipinski definition) is 1. The van der Waals surface area contributed by atoms with Crippen LogP contribution in [0, 0.1) is 12.3 Å². The average molecular weight is 207 g/mol. The van der Waals surface area contributed by atoms with Crippen LogP contribution in [-0.2, 0) is 6.42 Å². The zero-order chi connectivity index (χ0) is 12.9. The first kappa shape index (κ1) is 8.94. The lowest BCUT2D eigenvalue weighted by atomic mass is 10.1. The minimum absolute atomic E-state index is 0.0217. The summed E-state index contributed by atoms with van der Waals surface area (Å²) in [7, 11) is 1.48. The SMILES string of the molecule is [2H]C([2H])(C#C)N(C)C[C@H](F)Cc1ccccc1. The molecular weight excluding hydrogens is 189 g/mol. The molecule has 0 aliphatic rings. The Morgan fingerprint density at radius 3 is 2.80 bits per heavy atom. The van der Waals surface area contributed by atoms with Crippen LogP contribution < -0.4 is 0 Å².